The van der Waals surface area contributed by atoms with E-state index in [1.165, 1.54) is 19.2 Å². The van der Waals surface area contributed by atoms with E-state index in [4.69, 9.17) is 14.2 Å². The van der Waals surface area contributed by atoms with Crippen LogP contribution in [0.1, 0.15) is 22.5 Å². The summed E-state index contributed by atoms with van der Waals surface area (Å²) in [5.41, 5.74) is 1.04. The van der Waals surface area contributed by atoms with E-state index in [2.05, 4.69) is 10.3 Å². The van der Waals surface area contributed by atoms with Crippen LogP contribution in [0.5, 0.6) is 5.75 Å². The maximum Gasteiger partial charge on any atom is 0.251 e. The zero-order valence-corrected chi connectivity index (χ0v) is 14.5. The van der Waals surface area contributed by atoms with E-state index in [9.17, 15) is 9.18 Å². The summed E-state index contributed by atoms with van der Waals surface area (Å²) in [5, 5.41) is 2.91. The highest BCUT2D eigenvalue weighted by atomic mass is 19.1. The van der Waals surface area contributed by atoms with E-state index in [1.54, 1.807) is 6.20 Å². The second-order valence-corrected chi connectivity index (χ2v) is 5.96. The molecule has 0 unspecified atom stereocenters. The molecule has 0 radical (unpaired) electrons. The number of benzene rings is 1. The maximum atomic E-state index is 13.8. The lowest BCUT2D eigenvalue weighted by atomic mass is 10.0. The summed E-state index contributed by atoms with van der Waals surface area (Å²) in [6, 6.07) is 9.51. The van der Waals surface area contributed by atoms with Crippen LogP contribution in [0.3, 0.4) is 0 Å². The third-order valence-electron chi connectivity index (χ3n) is 4.21. The Morgan fingerprint density at radius 2 is 2.27 bits per heavy atom. The summed E-state index contributed by atoms with van der Waals surface area (Å²) in [5.74, 6) is -0.829. The third-order valence-corrected chi connectivity index (χ3v) is 4.21. The first-order valence-corrected chi connectivity index (χ1v) is 8.41. The highest BCUT2D eigenvalue weighted by Crippen LogP contribution is 2.19. The Bertz CT molecular complexity index is 742. The molecule has 138 valence electrons. The van der Waals surface area contributed by atoms with Crippen LogP contribution in [0.4, 0.5) is 4.39 Å². The van der Waals surface area contributed by atoms with Gasteiger partial charge in [-0.25, -0.2) is 4.39 Å². The standard InChI is InChI=1S/C19H21FN2O4/c1-24-17-6-5-13(10-15(17)20)19(23)22-16-7-9-25-12-18(16)26-11-14-4-2-3-8-21-14/h2-6,8,10,16,18H,7,9,11-12H2,1H3,(H,22,23)/t16-,18-/m1/s1. The van der Waals surface area contributed by atoms with Crippen LogP contribution in [0.25, 0.3) is 0 Å². The molecular weight excluding hydrogens is 339 g/mol. The Balaban J connectivity index is 1.62. The van der Waals surface area contributed by atoms with Crippen molar-refractivity contribution < 1.29 is 23.4 Å². The van der Waals surface area contributed by atoms with Gasteiger partial charge in [0.15, 0.2) is 11.6 Å². The quantitative estimate of drug-likeness (QED) is 0.856. The van der Waals surface area contributed by atoms with Crippen LogP contribution in [0.2, 0.25) is 0 Å². The molecule has 0 saturated carbocycles. The van der Waals surface area contributed by atoms with Crippen molar-refractivity contribution in [1.29, 1.82) is 0 Å². The van der Waals surface area contributed by atoms with Crippen molar-refractivity contribution in [2.75, 3.05) is 20.3 Å². The number of nitrogens with zero attached hydrogens (tertiary/aromatic N) is 1. The van der Waals surface area contributed by atoms with Gasteiger partial charge in [-0.2, -0.15) is 0 Å². The number of aromatic nitrogens is 1. The summed E-state index contributed by atoms with van der Waals surface area (Å²) in [6.45, 7) is 1.25. The number of methoxy groups -OCH3 is 1. The summed E-state index contributed by atoms with van der Waals surface area (Å²) in [4.78, 5) is 16.7. The van der Waals surface area contributed by atoms with E-state index in [1.807, 2.05) is 18.2 Å². The van der Waals surface area contributed by atoms with Crippen molar-refractivity contribution in [3.63, 3.8) is 0 Å². The van der Waals surface area contributed by atoms with Crippen molar-refractivity contribution in [3.05, 3.63) is 59.7 Å². The first kappa shape index (κ1) is 18.3. The van der Waals surface area contributed by atoms with Crippen LogP contribution < -0.4 is 10.1 Å². The first-order valence-electron chi connectivity index (χ1n) is 8.41. The van der Waals surface area contributed by atoms with Crippen molar-refractivity contribution in [1.82, 2.24) is 10.3 Å². The number of carbonyl (C=O) groups excluding carboxylic acids is 1. The molecule has 0 aliphatic carbocycles. The molecule has 1 N–H and O–H groups in total. The van der Waals surface area contributed by atoms with E-state index in [0.717, 1.165) is 11.8 Å². The zero-order valence-electron chi connectivity index (χ0n) is 14.5. The lowest BCUT2D eigenvalue weighted by Crippen LogP contribution is -2.50. The van der Waals surface area contributed by atoms with Gasteiger partial charge in [-0.3, -0.25) is 9.78 Å². The van der Waals surface area contributed by atoms with Gasteiger partial charge in [-0.15, -0.1) is 0 Å². The summed E-state index contributed by atoms with van der Waals surface area (Å²) >= 11 is 0. The van der Waals surface area contributed by atoms with Crippen molar-refractivity contribution in [2.45, 2.75) is 25.2 Å². The molecule has 26 heavy (non-hydrogen) atoms. The molecule has 1 fully saturated rings. The van der Waals surface area contributed by atoms with Crippen LogP contribution in [0.15, 0.2) is 42.6 Å². The molecule has 2 heterocycles. The van der Waals surface area contributed by atoms with Gasteiger partial charge in [0.05, 0.1) is 32.1 Å². The van der Waals surface area contributed by atoms with Crippen LogP contribution in [-0.4, -0.2) is 43.4 Å². The molecule has 1 saturated heterocycles. The lowest BCUT2D eigenvalue weighted by Gasteiger charge is -2.32. The molecule has 2 atom stereocenters. The predicted molar refractivity (Wildman–Crippen MR) is 92.5 cm³/mol. The molecule has 7 heteroatoms. The van der Waals surface area contributed by atoms with Crippen LogP contribution in [0, 0.1) is 5.82 Å². The largest absolute Gasteiger partial charge is 0.494 e. The second kappa shape index (κ2) is 8.73. The van der Waals surface area contributed by atoms with Gasteiger partial charge in [0.1, 0.15) is 6.10 Å². The van der Waals surface area contributed by atoms with Gasteiger partial charge < -0.3 is 19.5 Å². The van der Waals surface area contributed by atoms with E-state index >= 15 is 0 Å². The van der Waals surface area contributed by atoms with Gasteiger partial charge in [0, 0.05) is 18.4 Å². The van der Waals surface area contributed by atoms with Gasteiger partial charge in [0.25, 0.3) is 5.91 Å². The smallest absolute Gasteiger partial charge is 0.251 e. The fourth-order valence-corrected chi connectivity index (χ4v) is 2.78. The average molecular weight is 360 g/mol. The number of ether oxygens (including phenoxy) is 3. The van der Waals surface area contributed by atoms with Gasteiger partial charge in [0.2, 0.25) is 0 Å². The molecule has 0 bridgehead atoms. The number of pyridine rings is 1. The Labute approximate surface area is 151 Å². The van der Waals surface area contributed by atoms with Crippen molar-refractivity contribution in [3.8, 4) is 5.75 Å². The summed E-state index contributed by atoms with van der Waals surface area (Å²) in [7, 11) is 1.38. The number of hydrogen-bond donors (Lipinski definition) is 1. The molecule has 1 aliphatic rings. The molecule has 1 aromatic carbocycles. The minimum absolute atomic E-state index is 0.101. The number of halogens is 1. The maximum absolute atomic E-state index is 13.8. The molecule has 1 amide bonds. The highest BCUT2D eigenvalue weighted by Gasteiger charge is 2.28. The Hall–Kier alpha value is -2.51. The Morgan fingerprint density at radius 3 is 3.00 bits per heavy atom. The minimum Gasteiger partial charge on any atom is -0.494 e. The number of carbonyl (C=O) groups is 1. The molecule has 1 aliphatic heterocycles. The van der Waals surface area contributed by atoms with Crippen LogP contribution in [-0.2, 0) is 16.1 Å². The normalized spacial score (nSPS) is 19.8. The zero-order chi connectivity index (χ0) is 18.4. The molecule has 0 spiro atoms. The Kier molecular flexibility index (Phi) is 6.14. The molecule has 3 rings (SSSR count). The highest BCUT2D eigenvalue weighted by molar-refractivity contribution is 5.94. The summed E-state index contributed by atoms with van der Waals surface area (Å²) in [6.07, 6.45) is 2.03. The van der Waals surface area contributed by atoms with Crippen molar-refractivity contribution in [2.24, 2.45) is 0 Å². The first-order chi connectivity index (χ1) is 12.7. The monoisotopic (exact) mass is 360 g/mol. The fourth-order valence-electron chi connectivity index (χ4n) is 2.78. The fraction of sp³-hybridized carbons (Fsp3) is 0.368. The number of rotatable bonds is 6. The third kappa shape index (κ3) is 4.56. The molecule has 1 aromatic heterocycles. The number of hydrogen-bond acceptors (Lipinski definition) is 5. The SMILES string of the molecule is COc1ccc(C(=O)N[C@@H]2CCOC[C@H]2OCc2ccccn2)cc1F. The minimum atomic E-state index is -0.574. The number of amides is 1. The predicted octanol–water partition coefficient (Wildman–Crippen LogP) is 2.33. The Morgan fingerprint density at radius 1 is 1.38 bits per heavy atom. The lowest BCUT2D eigenvalue weighted by molar-refractivity contribution is -0.0743. The van der Waals surface area contributed by atoms with Gasteiger partial charge in [-0.1, -0.05) is 6.07 Å². The molecule has 6 nitrogen and oxygen atoms in total. The van der Waals surface area contributed by atoms with Gasteiger partial charge >= 0.3 is 0 Å². The van der Waals surface area contributed by atoms with E-state index in [-0.39, 0.29) is 29.4 Å². The second-order valence-electron chi connectivity index (χ2n) is 5.96. The topological polar surface area (TPSA) is 69.7 Å². The van der Waals surface area contributed by atoms with Crippen LogP contribution >= 0.6 is 0 Å². The average Bonchev–Trinajstić information content (AvgIpc) is 2.68. The molecule has 2 aromatic rings. The van der Waals surface area contributed by atoms with Crippen molar-refractivity contribution >= 4 is 5.91 Å². The van der Waals surface area contributed by atoms with E-state index < -0.39 is 5.82 Å². The summed E-state index contributed by atoms with van der Waals surface area (Å²) < 4.78 is 30.0. The van der Waals surface area contributed by atoms with Gasteiger partial charge in [-0.05, 0) is 36.8 Å². The molecular formula is C19H21FN2O4. The van der Waals surface area contributed by atoms with E-state index in [0.29, 0.717) is 26.2 Å². The number of nitrogens with one attached hydrogen (secondary N) is 1.